The second-order valence-corrected chi connectivity index (χ2v) is 6.89. The summed E-state index contributed by atoms with van der Waals surface area (Å²) in [5, 5.41) is 8.63. The number of halogens is 1. The standard InChI is InChI=1S/C21H21FN4O3/c22-17-4-1-5-18-16(17)11-19(26-18)20(27)24-13-6-8-14(9-7-13)25-21(28)23-12-15-3-2-10-29-15/h1,4-9,11,15,26H,2-3,10,12H2,(H,24,27)(H2,23,25,28). The minimum atomic E-state index is -0.383. The Balaban J connectivity index is 1.33. The first-order valence-corrected chi connectivity index (χ1v) is 9.43. The molecule has 1 atom stereocenters. The Hall–Kier alpha value is -3.39. The number of hydrogen-bond acceptors (Lipinski definition) is 3. The maximum Gasteiger partial charge on any atom is 0.319 e. The van der Waals surface area contributed by atoms with Gasteiger partial charge in [0.25, 0.3) is 5.91 Å². The molecule has 4 rings (SSSR count). The van der Waals surface area contributed by atoms with Gasteiger partial charge in [0.05, 0.1) is 6.10 Å². The lowest BCUT2D eigenvalue weighted by atomic mass is 10.2. The summed E-state index contributed by atoms with van der Waals surface area (Å²) in [6, 6.07) is 12.5. The van der Waals surface area contributed by atoms with E-state index in [9.17, 15) is 14.0 Å². The second kappa shape index (κ2) is 8.32. The van der Waals surface area contributed by atoms with Crippen molar-refractivity contribution in [2.75, 3.05) is 23.8 Å². The number of urea groups is 1. The number of aromatic nitrogens is 1. The first-order chi connectivity index (χ1) is 14.1. The first kappa shape index (κ1) is 18.9. The Morgan fingerprint density at radius 2 is 1.86 bits per heavy atom. The summed E-state index contributed by atoms with van der Waals surface area (Å²) in [7, 11) is 0. The van der Waals surface area contributed by atoms with Crippen molar-refractivity contribution in [2.45, 2.75) is 18.9 Å². The quantitative estimate of drug-likeness (QED) is 0.527. The highest BCUT2D eigenvalue weighted by Gasteiger charge is 2.16. The summed E-state index contributed by atoms with van der Waals surface area (Å²) in [5.74, 6) is -0.762. The number of fused-ring (bicyclic) bond motifs is 1. The molecule has 29 heavy (non-hydrogen) atoms. The summed E-state index contributed by atoms with van der Waals surface area (Å²) >= 11 is 0. The molecule has 8 heteroatoms. The van der Waals surface area contributed by atoms with E-state index in [-0.39, 0.29) is 29.6 Å². The average molecular weight is 396 g/mol. The predicted molar refractivity (Wildman–Crippen MR) is 109 cm³/mol. The highest BCUT2D eigenvalue weighted by atomic mass is 19.1. The van der Waals surface area contributed by atoms with E-state index >= 15 is 0 Å². The minimum absolute atomic E-state index is 0.0800. The molecule has 2 aromatic carbocycles. The number of H-pyrrole nitrogens is 1. The molecule has 1 aliphatic heterocycles. The lowest BCUT2D eigenvalue weighted by Gasteiger charge is -2.12. The van der Waals surface area contributed by atoms with Crippen molar-refractivity contribution in [3.05, 3.63) is 60.0 Å². The highest BCUT2D eigenvalue weighted by Crippen LogP contribution is 2.20. The summed E-state index contributed by atoms with van der Waals surface area (Å²) in [6.45, 7) is 1.22. The Morgan fingerprint density at radius 3 is 2.55 bits per heavy atom. The van der Waals surface area contributed by atoms with Crippen LogP contribution in [0.25, 0.3) is 10.9 Å². The number of hydrogen-bond donors (Lipinski definition) is 4. The molecule has 1 saturated heterocycles. The summed E-state index contributed by atoms with van der Waals surface area (Å²) < 4.78 is 19.2. The number of aromatic amines is 1. The van der Waals surface area contributed by atoms with Gasteiger partial charge in [0.1, 0.15) is 11.5 Å². The molecular formula is C21H21FN4O3. The molecule has 1 unspecified atom stereocenters. The van der Waals surface area contributed by atoms with E-state index in [4.69, 9.17) is 4.74 Å². The number of amides is 3. The van der Waals surface area contributed by atoms with E-state index in [1.807, 2.05) is 0 Å². The first-order valence-electron chi connectivity index (χ1n) is 9.43. The Morgan fingerprint density at radius 1 is 1.10 bits per heavy atom. The normalized spacial score (nSPS) is 16.0. The van der Waals surface area contributed by atoms with E-state index < -0.39 is 0 Å². The maximum atomic E-state index is 13.8. The van der Waals surface area contributed by atoms with Crippen LogP contribution in [0.1, 0.15) is 23.3 Å². The third-order valence-electron chi connectivity index (χ3n) is 4.77. The lowest BCUT2D eigenvalue weighted by molar-refractivity contribution is 0.102. The van der Waals surface area contributed by atoms with E-state index in [0.717, 1.165) is 19.4 Å². The van der Waals surface area contributed by atoms with Crippen LogP contribution in [0.2, 0.25) is 0 Å². The Kier molecular flexibility index (Phi) is 5.44. The largest absolute Gasteiger partial charge is 0.376 e. The third kappa shape index (κ3) is 4.55. The van der Waals surface area contributed by atoms with Crippen LogP contribution >= 0.6 is 0 Å². The summed E-state index contributed by atoms with van der Waals surface area (Å²) in [5.41, 5.74) is 1.98. The van der Waals surface area contributed by atoms with Crippen LogP contribution < -0.4 is 16.0 Å². The second-order valence-electron chi connectivity index (χ2n) is 6.89. The smallest absolute Gasteiger partial charge is 0.319 e. The molecule has 3 aromatic rings. The lowest BCUT2D eigenvalue weighted by Crippen LogP contribution is -2.35. The average Bonchev–Trinajstić information content (AvgIpc) is 3.38. The molecule has 0 saturated carbocycles. The number of anilines is 2. The molecule has 1 fully saturated rings. The van der Waals surface area contributed by atoms with Gasteiger partial charge in [0.15, 0.2) is 0 Å². The van der Waals surface area contributed by atoms with Gasteiger partial charge in [-0.2, -0.15) is 0 Å². The monoisotopic (exact) mass is 396 g/mol. The van der Waals surface area contributed by atoms with E-state index in [2.05, 4.69) is 20.9 Å². The van der Waals surface area contributed by atoms with Gasteiger partial charge in [-0.25, -0.2) is 9.18 Å². The van der Waals surface area contributed by atoms with Crippen LogP contribution in [0.3, 0.4) is 0 Å². The summed E-state index contributed by atoms with van der Waals surface area (Å²) in [4.78, 5) is 27.3. The fraction of sp³-hybridized carbons (Fsp3) is 0.238. The molecule has 0 radical (unpaired) electrons. The molecule has 0 bridgehead atoms. The van der Waals surface area contributed by atoms with Crippen LogP contribution in [0, 0.1) is 5.82 Å². The van der Waals surface area contributed by atoms with Crippen LogP contribution in [-0.2, 0) is 4.74 Å². The number of ether oxygens (including phenoxy) is 1. The molecule has 7 nitrogen and oxygen atoms in total. The van der Waals surface area contributed by atoms with Gasteiger partial charge in [-0.15, -0.1) is 0 Å². The SMILES string of the molecule is O=C(NCC1CCCO1)Nc1ccc(NC(=O)c2cc3c(F)cccc3[nH]2)cc1. The van der Waals surface area contributed by atoms with Crippen molar-refractivity contribution < 1.29 is 18.7 Å². The molecule has 2 heterocycles. The fourth-order valence-corrected chi connectivity index (χ4v) is 3.26. The number of nitrogens with one attached hydrogen (secondary N) is 4. The van der Waals surface area contributed by atoms with Gasteiger partial charge >= 0.3 is 6.03 Å². The molecule has 150 valence electrons. The van der Waals surface area contributed by atoms with Crippen molar-refractivity contribution in [3.8, 4) is 0 Å². The Bertz CT molecular complexity index is 1030. The van der Waals surface area contributed by atoms with E-state index in [1.54, 1.807) is 36.4 Å². The zero-order valence-corrected chi connectivity index (χ0v) is 15.6. The molecular weight excluding hydrogens is 375 g/mol. The van der Waals surface area contributed by atoms with Crippen LogP contribution in [0.15, 0.2) is 48.5 Å². The number of carbonyl (C=O) groups excluding carboxylic acids is 2. The number of benzene rings is 2. The summed E-state index contributed by atoms with van der Waals surface area (Å²) in [6.07, 6.45) is 2.06. The van der Waals surface area contributed by atoms with Gasteiger partial charge in [-0.05, 0) is 55.3 Å². The topological polar surface area (TPSA) is 95.2 Å². The van der Waals surface area contributed by atoms with Crippen molar-refractivity contribution in [1.82, 2.24) is 10.3 Å². The highest BCUT2D eigenvalue weighted by molar-refractivity contribution is 6.06. The van der Waals surface area contributed by atoms with Gasteiger partial charge in [0, 0.05) is 35.4 Å². The maximum absolute atomic E-state index is 13.8. The van der Waals surface area contributed by atoms with Crippen molar-refractivity contribution in [2.24, 2.45) is 0 Å². The number of carbonyl (C=O) groups is 2. The molecule has 1 aliphatic rings. The molecule has 1 aromatic heterocycles. The molecule has 0 aliphatic carbocycles. The van der Waals surface area contributed by atoms with Crippen LogP contribution in [0.4, 0.5) is 20.6 Å². The number of rotatable bonds is 5. The molecule has 3 amide bonds. The van der Waals surface area contributed by atoms with Gasteiger partial charge < -0.3 is 25.7 Å². The zero-order chi connectivity index (χ0) is 20.2. The van der Waals surface area contributed by atoms with E-state index in [0.29, 0.717) is 28.8 Å². The third-order valence-corrected chi connectivity index (χ3v) is 4.77. The van der Waals surface area contributed by atoms with E-state index in [1.165, 1.54) is 12.1 Å². The predicted octanol–water partition coefficient (Wildman–Crippen LogP) is 3.86. The van der Waals surface area contributed by atoms with Gasteiger partial charge in [-0.1, -0.05) is 6.07 Å². The molecule has 4 N–H and O–H groups in total. The van der Waals surface area contributed by atoms with Crippen molar-refractivity contribution >= 4 is 34.2 Å². The van der Waals surface area contributed by atoms with Gasteiger partial charge in [0.2, 0.25) is 0 Å². The van der Waals surface area contributed by atoms with Crippen LogP contribution in [0.5, 0.6) is 0 Å². The van der Waals surface area contributed by atoms with Crippen molar-refractivity contribution in [1.29, 1.82) is 0 Å². The zero-order valence-electron chi connectivity index (χ0n) is 15.6. The van der Waals surface area contributed by atoms with Gasteiger partial charge in [-0.3, -0.25) is 4.79 Å². The minimum Gasteiger partial charge on any atom is -0.376 e. The van der Waals surface area contributed by atoms with Crippen LogP contribution in [-0.4, -0.2) is 36.2 Å². The molecule has 0 spiro atoms. The van der Waals surface area contributed by atoms with Crippen molar-refractivity contribution in [3.63, 3.8) is 0 Å². The fourth-order valence-electron chi connectivity index (χ4n) is 3.26. The Labute approximate surface area is 166 Å².